The number of nitro benzene ring substituents is 1. The quantitative estimate of drug-likeness (QED) is 0.229. The minimum absolute atomic E-state index is 0.0368. The smallest absolute Gasteiger partial charge is 0.347 e. The third kappa shape index (κ3) is 4.80. The fraction of sp³-hybridized carbons (Fsp3) is 0.217. The molecule has 8 heteroatoms. The molecule has 0 saturated carbocycles. The van der Waals surface area contributed by atoms with Gasteiger partial charge >= 0.3 is 5.97 Å². The molecule has 3 rings (SSSR count). The molecule has 1 aliphatic rings. The topological polar surface area (TPSA) is 108 Å². The van der Waals surface area contributed by atoms with E-state index in [1.165, 1.54) is 12.1 Å². The molecule has 2 aromatic carbocycles. The van der Waals surface area contributed by atoms with E-state index < -0.39 is 16.7 Å². The van der Waals surface area contributed by atoms with E-state index in [1.54, 1.807) is 43.3 Å². The molecular formula is C23H22N2O6. The molecule has 8 nitrogen and oxygen atoms in total. The predicted molar refractivity (Wildman–Crippen MR) is 115 cm³/mol. The summed E-state index contributed by atoms with van der Waals surface area (Å²) in [6.07, 6.45) is 1.37. The Hall–Kier alpha value is -3.94. The number of nitro groups is 1. The van der Waals surface area contributed by atoms with Gasteiger partial charge in [-0.15, -0.1) is 0 Å². The van der Waals surface area contributed by atoms with Crippen molar-refractivity contribution in [1.29, 1.82) is 0 Å². The summed E-state index contributed by atoms with van der Waals surface area (Å²) in [5.41, 5.74) is 1.30. The Labute approximate surface area is 179 Å². The van der Waals surface area contributed by atoms with Gasteiger partial charge in [-0.05, 0) is 36.6 Å². The molecule has 0 unspecified atom stereocenters. The number of para-hydroxylation sites is 1. The molecule has 2 aromatic rings. The molecule has 0 aromatic heterocycles. The Kier molecular flexibility index (Phi) is 6.49. The van der Waals surface area contributed by atoms with Gasteiger partial charge in [0.1, 0.15) is 0 Å². The van der Waals surface area contributed by atoms with E-state index in [2.05, 4.69) is 5.32 Å². The van der Waals surface area contributed by atoms with Crippen molar-refractivity contribution in [2.75, 3.05) is 11.9 Å². The van der Waals surface area contributed by atoms with Crippen molar-refractivity contribution in [1.82, 2.24) is 0 Å². The number of carbonyl (C=O) groups is 2. The summed E-state index contributed by atoms with van der Waals surface area (Å²) in [6, 6.07) is 13.6. The fourth-order valence-electron chi connectivity index (χ4n) is 3.11. The molecule has 1 aliphatic heterocycles. The highest BCUT2D eigenvalue weighted by molar-refractivity contribution is 6.26. The van der Waals surface area contributed by atoms with E-state index in [0.717, 1.165) is 0 Å². The molecular weight excluding hydrogens is 400 g/mol. The van der Waals surface area contributed by atoms with Gasteiger partial charge in [0, 0.05) is 17.3 Å². The Morgan fingerprint density at radius 1 is 1.23 bits per heavy atom. The highest BCUT2D eigenvalue weighted by Crippen LogP contribution is 2.31. The van der Waals surface area contributed by atoms with Gasteiger partial charge < -0.3 is 14.8 Å². The lowest BCUT2D eigenvalue weighted by Gasteiger charge is -2.09. The van der Waals surface area contributed by atoms with E-state index in [0.29, 0.717) is 16.8 Å². The predicted octanol–water partition coefficient (Wildman–Crippen LogP) is 4.55. The lowest BCUT2D eigenvalue weighted by molar-refractivity contribution is -0.385. The Morgan fingerprint density at radius 2 is 1.94 bits per heavy atom. The molecule has 31 heavy (non-hydrogen) atoms. The standard InChI is InChI=1S/C23H22N2O6/c1-4-30-23(27)20-21(26)19(31-22(20)24-16-8-6-5-7-9-16)13-15-10-11-17(14(2)3)18(12-15)25(28)29/h5-14,24H,4H2,1-3H3/b19-13-. The summed E-state index contributed by atoms with van der Waals surface area (Å²) in [5.74, 6) is -1.68. The molecule has 0 spiro atoms. The first kappa shape index (κ1) is 21.8. The van der Waals surface area contributed by atoms with Gasteiger partial charge in [-0.2, -0.15) is 0 Å². The van der Waals surface area contributed by atoms with Crippen molar-refractivity contribution >= 4 is 29.2 Å². The van der Waals surface area contributed by atoms with E-state index in [-0.39, 0.29) is 35.4 Å². The third-order valence-electron chi connectivity index (χ3n) is 4.57. The van der Waals surface area contributed by atoms with Crippen molar-refractivity contribution in [2.45, 2.75) is 26.7 Å². The molecule has 0 radical (unpaired) electrons. The molecule has 160 valence electrons. The van der Waals surface area contributed by atoms with Crippen LogP contribution in [0, 0.1) is 10.1 Å². The normalized spacial score (nSPS) is 14.7. The van der Waals surface area contributed by atoms with Crippen molar-refractivity contribution < 1.29 is 24.0 Å². The van der Waals surface area contributed by atoms with Crippen LogP contribution in [0.2, 0.25) is 0 Å². The SMILES string of the molecule is CCOC(=O)C1=C(Nc2ccccc2)O/C(=C\c2ccc(C(C)C)c([N+](=O)[O-])c2)C1=O. The van der Waals surface area contributed by atoms with E-state index in [1.807, 2.05) is 19.9 Å². The van der Waals surface area contributed by atoms with Crippen LogP contribution in [0.4, 0.5) is 11.4 Å². The lowest BCUT2D eigenvalue weighted by atomic mass is 9.99. The van der Waals surface area contributed by atoms with E-state index in [4.69, 9.17) is 9.47 Å². The fourth-order valence-corrected chi connectivity index (χ4v) is 3.11. The first-order chi connectivity index (χ1) is 14.8. The molecule has 0 bridgehead atoms. The lowest BCUT2D eigenvalue weighted by Crippen LogP contribution is -2.16. The second-order valence-corrected chi connectivity index (χ2v) is 7.09. The summed E-state index contributed by atoms with van der Waals surface area (Å²) in [4.78, 5) is 36.3. The van der Waals surface area contributed by atoms with Gasteiger partial charge in [0.05, 0.1) is 11.5 Å². The average molecular weight is 422 g/mol. The van der Waals surface area contributed by atoms with Crippen LogP contribution in [0.25, 0.3) is 6.08 Å². The van der Waals surface area contributed by atoms with Gasteiger partial charge in [-0.3, -0.25) is 14.9 Å². The maximum Gasteiger partial charge on any atom is 0.347 e. The number of hydrogen-bond donors (Lipinski definition) is 1. The van der Waals surface area contributed by atoms with Gasteiger partial charge in [0.2, 0.25) is 11.7 Å². The summed E-state index contributed by atoms with van der Waals surface area (Å²) < 4.78 is 10.7. The van der Waals surface area contributed by atoms with Crippen molar-refractivity contribution in [3.8, 4) is 0 Å². The number of anilines is 1. The van der Waals surface area contributed by atoms with Gasteiger partial charge in [-0.1, -0.05) is 44.2 Å². The molecule has 0 amide bonds. The van der Waals surface area contributed by atoms with Crippen LogP contribution in [0.3, 0.4) is 0 Å². The molecule has 0 aliphatic carbocycles. The number of ether oxygens (including phenoxy) is 2. The zero-order chi connectivity index (χ0) is 22.5. The van der Waals surface area contributed by atoms with Gasteiger partial charge in [-0.25, -0.2) is 4.79 Å². The molecule has 0 saturated heterocycles. The van der Waals surface area contributed by atoms with Gasteiger partial charge in [0.15, 0.2) is 11.3 Å². The maximum absolute atomic E-state index is 12.9. The molecule has 1 N–H and O–H groups in total. The van der Waals surface area contributed by atoms with Crippen LogP contribution in [0.15, 0.2) is 65.7 Å². The van der Waals surface area contributed by atoms with Crippen LogP contribution in [-0.2, 0) is 19.1 Å². The first-order valence-electron chi connectivity index (χ1n) is 9.77. The maximum atomic E-state index is 12.9. The van der Waals surface area contributed by atoms with E-state index in [9.17, 15) is 19.7 Å². The number of nitrogens with one attached hydrogen (secondary N) is 1. The summed E-state index contributed by atoms with van der Waals surface area (Å²) in [5, 5.41) is 14.4. The number of ketones is 1. The van der Waals surface area contributed by atoms with E-state index >= 15 is 0 Å². The minimum atomic E-state index is -0.810. The highest BCUT2D eigenvalue weighted by Gasteiger charge is 2.37. The molecule has 1 heterocycles. The van der Waals surface area contributed by atoms with Crippen LogP contribution < -0.4 is 5.32 Å². The first-order valence-corrected chi connectivity index (χ1v) is 9.77. The number of rotatable bonds is 7. The summed E-state index contributed by atoms with van der Waals surface area (Å²) >= 11 is 0. The zero-order valence-corrected chi connectivity index (χ0v) is 17.4. The number of hydrogen-bond acceptors (Lipinski definition) is 7. The minimum Gasteiger partial charge on any atom is -0.462 e. The average Bonchev–Trinajstić information content (AvgIpc) is 3.03. The van der Waals surface area contributed by atoms with Crippen LogP contribution in [0.1, 0.15) is 37.8 Å². The Bertz CT molecular complexity index is 1090. The number of carbonyl (C=O) groups excluding carboxylic acids is 2. The van der Waals surface area contributed by atoms with Crippen LogP contribution >= 0.6 is 0 Å². The second-order valence-electron chi connectivity index (χ2n) is 7.09. The zero-order valence-electron chi connectivity index (χ0n) is 17.4. The Balaban J connectivity index is 1.98. The largest absolute Gasteiger partial charge is 0.462 e. The highest BCUT2D eigenvalue weighted by atomic mass is 16.6. The van der Waals surface area contributed by atoms with Crippen LogP contribution in [-0.4, -0.2) is 23.3 Å². The van der Waals surface area contributed by atoms with Crippen molar-refractivity contribution in [2.24, 2.45) is 0 Å². The van der Waals surface area contributed by atoms with Crippen molar-refractivity contribution in [3.63, 3.8) is 0 Å². The molecule has 0 atom stereocenters. The number of benzene rings is 2. The van der Waals surface area contributed by atoms with Crippen molar-refractivity contribution in [3.05, 3.63) is 87.0 Å². The Morgan fingerprint density at radius 3 is 2.55 bits per heavy atom. The van der Waals surface area contributed by atoms with Crippen LogP contribution in [0.5, 0.6) is 0 Å². The molecule has 0 fully saturated rings. The number of nitrogens with zero attached hydrogens (tertiary/aromatic N) is 1. The monoisotopic (exact) mass is 422 g/mol. The number of allylic oxidation sites excluding steroid dienone is 1. The summed E-state index contributed by atoms with van der Waals surface area (Å²) in [6.45, 7) is 5.45. The summed E-state index contributed by atoms with van der Waals surface area (Å²) in [7, 11) is 0. The van der Waals surface area contributed by atoms with Gasteiger partial charge in [0.25, 0.3) is 5.69 Å². The number of Topliss-reactive ketones (excluding diaryl/α,β-unsaturated/α-hetero) is 1. The number of esters is 1. The second kappa shape index (κ2) is 9.25. The third-order valence-corrected chi connectivity index (χ3v) is 4.57.